The molecule has 3 fully saturated rings. The van der Waals surface area contributed by atoms with Gasteiger partial charge in [0.1, 0.15) is 23.7 Å². The summed E-state index contributed by atoms with van der Waals surface area (Å²) in [6, 6.07) is 13.3. The number of alkyl carbamates (subject to hydrolysis) is 1. The van der Waals surface area contributed by atoms with Gasteiger partial charge in [0.25, 0.3) is 0 Å². The molecule has 4 aliphatic rings. The number of amides is 4. The largest absolute Gasteiger partial charge is 0.453 e. The van der Waals surface area contributed by atoms with Crippen LogP contribution in [-0.2, 0) is 41.4 Å². The second-order valence-electron chi connectivity index (χ2n) is 19.7. The van der Waals surface area contributed by atoms with Crippen molar-refractivity contribution < 1.29 is 33.4 Å². The number of likely N-dealkylation sites (tertiary alicyclic amines) is 2. The third-order valence-electron chi connectivity index (χ3n) is 14.3. The molecule has 15 nitrogen and oxygen atoms in total. The first-order chi connectivity index (χ1) is 31.9. The van der Waals surface area contributed by atoms with E-state index in [0.29, 0.717) is 38.5 Å². The van der Waals surface area contributed by atoms with E-state index >= 15 is 0 Å². The monoisotopic (exact) mass is 900 g/mol. The van der Waals surface area contributed by atoms with Gasteiger partial charge in [-0.05, 0) is 96.6 Å². The maximum absolute atomic E-state index is 14.2. The second kappa shape index (κ2) is 18.8. The molecule has 4 amide bonds. The van der Waals surface area contributed by atoms with E-state index in [0.717, 1.165) is 83.0 Å². The Morgan fingerprint density at radius 2 is 1.38 bits per heavy atom. The molecule has 5 aromatic rings. The van der Waals surface area contributed by atoms with Gasteiger partial charge in [-0.3, -0.25) is 14.4 Å². The zero-order chi connectivity index (χ0) is 46.4. The third kappa shape index (κ3) is 8.79. The molecule has 4 N–H and O–H groups in total. The Bertz CT molecular complexity index is 2630. The first kappa shape index (κ1) is 45.4. The van der Waals surface area contributed by atoms with Crippen LogP contribution in [0.4, 0.5) is 4.79 Å². The normalized spacial score (nSPS) is 21.5. The van der Waals surface area contributed by atoms with Crippen molar-refractivity contribution in [1.29, 1.82) is 0 Å². The lowest BCUT2D eigenvalue weighted by Gasteiger charge is -2.30. The number of imidazole rings is 2. The molecule has 2 aliphatic heterocycles. The number of aromatic amines is 2. The average Bonchev–Trinajstić information content (AvgIpc) is 3.83. The number of nitrogens with one attached hydrogen (secondary N) is 4. The van der Waals surface area contributed by atoms with E-state index in [4.69, 9.17) is 24.2 Å². The van der Waals surface area contributed by atoms with E-state index < -0.39 is 18.2 Å². The summed E-state index contributed by atoms with van der Waals surface area (Å²) in [5.41, 5.74) is 8.82. The average molecular weight is 901 g/mol. The van der Waals surface area contributed by atoms with Crippen molar-refractivity contribution in [3.05, 3.63) is 71.4 Å². The highest BCUT2D eigenvalue weighted by atomic mass is 16.5. The van der Waals surface area contributed by atoms with Gasteiger partial charge in [-0.25, -0.2) is 14.8 Å². The van der Waals surface area contributed by atoms with Crippen LogP contribution in [0, 0.1) is 29.6 Å². The highest BCUT2D eigenvalue weighted by molar-refractivity contribution is 6.05. The molecule has 2 aromatic heterocycles. The lowest BCUT2D eigenvalue weighted by molar-refractivity contribution is -0.139. The first-order valence-corrected chi connectivity index (χ1v) is 23.7. The Morgan fingerprint density at radius 1 is 0.758 bits per heavy atom. The van der Waals surface area contributed by atoms with Crippen molar-refractivity contribution in [2.24, 2.45) is 29.6 Å². The molecular formula is C51H64N8O7. The summed E-state index contributed by atoms with van der Waals surface area (Å²) >= 11 is 0. The lowest BCUT2D eigenvalue weighted by Crippen LogP contribution is -2.51. The molecule has 0 radical (unpaired) electrons. The predicted molar refractivity (Wildman–Crippen MR) is 251 cm³/mol. The minimum Gasteiger partial charge on any atom is -0.453 e. The summed E-state index contributed by atoms with van der Waals surface area (Å²) in [7, 11) is 4.66. The van der Waals surface area contributed by atoms with E-state index in [9.17, 15) is 19.2 Å². The smallest absolute Gasteiger partial charge is 0.407 e. The highest BCUT2D eigenvalue weighted by Gasteiger charge is 2.44. The van der Waals surface area contributed by atoms with Gasteiger partial charge in [0.15, 0.2) is 0 Å². The minimum absolute atomic E-state index is 0.0207. The van der Waals surface area contributed by atoms with Crippen LogP contribution < -0.4 is 10.6 Å². The summed E-state index contributed by atoms with van der Waals surface area (Å²) < 4.78 is 15.9. The number of rotatable bonds is 15. The number of hydrogen-bond donors (Lipinski definition) is 4. The third-order valence-corrected chi connectivity index (χ3v) is 14.3. The van der Waals surface area contributed by atoms with Gasteiger partial charge in [-0.15, -0.1) is 0 Å². The first-order valence-electron chi connectivity index (χ1n) is 23.7. The summed E-state index contributed by atoms with van der Waals surface area (Å²) in [4.78, 5) is 74.4. The van der Waals surface area contributed by atoms with Crippen LogP contribution >= 0.6 is 0 Å². The van der Waals surface area contributed by atoms with E-state index in [1.165, 1.54) is 23.8 Å². The Hall–Kier alpha value is -5.80. The Morgan fingerprint density at radius 3 is 2.00 bits per heavy atom. The number of ether oxygens (including phenoxy) is 3. The van der Waals surface area contributed by atoms with Crippen LogP contribution in [0.15, 0.2) is 48.7 Å². The molecule has 6 atom stereocenters. The van der Waals surface area contributed by atoms with Gasteiger partial charge in [-0.2, -0.15) is 0 Å². The molecule has 66 heavy (non-hydrogen) atoms. The van der Waals surface area contributed by atoms with Gasteiger partial charge in [0.2, 0.25) is 17.7 Å². The summed E-state index contributed by atoms with van der Waals surface area (Å²) in [5, 5.41) is 7.95. The van der Waals surface area contributed by atoms with Crippen molar-refractivity contribution in [1.82, 2.24) is 40.4 Å². The molecule has 4 heterocycles. The zero-order valence-electron chi connectivity index (χ0n) is 39.2. The van der Waals surface area contributed by atoms with E-state index in [1.54, 1.807) is 14.2 Å². The predicted octanol–water partition coefficient (Wildman–Crippen LogP) is 7.27. The van der Waals surface area contributed by atoms with Crippen molar-refractivity contribution in [2.75, 3.05) is 47.6 Å². The van der Waals surface area contributed by atoms with E-state index in [-0.39, 0.29) is 59.4 Å². The van der Waals surface area contributed by atoms with Gasteiger partial charge < -0.3 is 44.6 Å². The van der Waals surface area contributed by atoms with Crippen molar-refractivity contribution >= 4 is 45.6 Å². The number of benzene rings is 3. The highest BCUT2D eigenvalue weighted by Crippen LogP contribution is 2.42. The fourth-order valence-electron chi connectivity index (χ4n) is 10.8. The van der Waals surface area contributed by atoms with E-state index in [2.05, 4.69) is 57.0 Å². The van der Waals surface area contributed by atoms with Crippen LogP contribution in [0.2, 0.25) is 0 Å². The minimum atomic E-state index is -0.747. The molecule has 1 saturated carbocycles. The number of nitrogens with zero attached hydrogens (tertiary/aromatic N) is 4. The molecule has 0 spiro atoms. The number of aromatic nitrogens is 4. The van der Waals surface area contributed by atoms with Gasteiger partial charge in [0.05, 0.1) is 55.3 Å². The maximum atomic E-state index is 14.2. The number of methoxy groups -OCH3 is 3. The van der Waals surface area contributed by atoms with Crippen LogP contribution in [0.5, 0.6) is 0 Å². The Balaban J connectivity index is 0.980. The topological polar surface area (TPSA) is 184 Å². The van der Waals surface area contributed by atoms with Crippen LogP contribution in [0.25, 0.3) is 44.2 Å². The molecule has 3 aromatic carbocycles. The molecular weight excluding hydrogens is 837 g/mol. The van der Waals surface area contributed by atoms with Crippen LogP contribution in [-0.4, -0.2) is 113 Å². The fraction of sp³-hybridized carbons (Fsp3) is 0.529. The molecule has 2 saturated heterocycles. The van der Waals surface area contributed by atoms with Crippen LogP contribution in [0.3, 0.4) is 0 Å². The lowest BCUT2D eigenvalue weighted by atomic mass is 9.91. The Kier molecular flexibility index (Phi) is 12.9. The number of carbonyl (C=O) groups is 4. The van der Waals surface area contributed by atoms with Crippen molar-refractivity contribution in [3.63, 3.8) is 0 Å². The molecule has 0 bridgehead atoms. The van der Waals surface area contributed by atoms with Gasteiger partial charge in [-0.1, -0.05) is 58.0 Å². The van der Waals surface area contributed by atoms with Crippen LogP contribution in [0.1, 0.15) is 94.7 Å². The summed E-state index contributed by atoms with van der Waals surface area (Å²) in [6.07, 6.45) is 7.43. The molecule has 0 unspecified atom stereocenters. The fourth-order valence-corrected chi connectivity index (χ4v) is 10.8. The SMILES string of the molecule is COC[C@H]1C[C@@H](c2ncc(-c3ccc(-c4ccc5c(ccc6nc([C@@H]7C[C@H](COC)CN7C(=O)[C@@H](NC(=O)OC)C(C)C)[nH]c65)c4)c4c3CCC4)[nH]2)N(C(=O)[C@@H](NC(=O)C2CC2)C(C)C)C1. The quantitative estimate of drug-likeness (QED) is 0.0840. The Labute approximate surface area is 386 Å². The number of fused-ring (bicyclic) bond motifs is 4. The second-order valence-corrected chi connectivity index (χ2v) is 19.7. The number of H-pyrrole nitrogens is 2. The van der Waals surface area contributed by atoms with Gasteiger partial charge >= 0.3 is 6.09 Å². The summed E-state index contributed by atoms with van der Waals surface area (Å²) in [5.74, 6) is 1.29. The molecule has 9 rings (SSSR count). The zero-order valence-corrected chi connectivity index (χ0v) is 39.2. The molecule has 350 valence electrons. The number of hydrogen-bond acceptors (Lipinski definition) is 9. The summed E-state index contributed by atoms with van der Waals surface area (Å²) in [6.45, 7) is 9.89. The van der Waals surface area contributed by atoms with Crippen molar-refractivity contribution in [2.45, 2.75) is 96.8 Å². The maximum Gasteiger partial charge on any atom is 0.407 e. The molecule has 15 heteroatoms. The van der Waals surface area contributed by atoms with E-state index in [1.807, 2.05) is 49.8 Å². The van der Waals surface area contributed by atoms with Gasteiger partial charge in [0, 0.05) is 56.0 Å². The molecule has 2 aliphatic carbocycles. The number of carbonyl (C=O) groups excluding carboxylic acids is 4. The standard InChI is InChI=1S/C51H64N8O7/c1-27(2)43(56-48(60)31-11-12-31)49(61)58-23-29(25-64-5)19-41(58)46-52-22-40(54-46)38-17-16-34(36-9-8-10-37(36)38)32-13-15-35-33(21-32)14-18-39-45(35)55-47(53-39)42-20-30(26-65-6)24-59(42)50(62)44(28(3)4)57-51(63)66-7/h13-18,21-22,27-31,41-44H,8-12,19-20,23-26H2,1-7H3,(H,52,54)(H,53,55)(H,56,60)(H,57,63)/t29-,30-,41-,42-,43-,44-/m0/s1. The van der Waals surface area contributed by atoms with Crippen molar-refractivity contribution in [3.8, 4) is 22.4 Å².